The summed E-state index contributed by atoms with van der Waals surface area (Å²) in [6, 6.07) is 10.6. The van der Waals surface area contributed by atoms with Crippen LogP contribution in [0, 0.1) is 12.3 Å². The molecule has 1 heterocycles. The van der Waals surface area contributed by atoms with Gasteiger partial charge < -0.3 is 4.74 Å². The lowest BCUT2D eigenvalue weighted by Crippen LogP contribution is -2.27. The second kappa shape index (κ2) is 7.80. The van der Waals surface area contributed by atoms with Gasteiger partial charge in [0.2, 0.25) is 5.91 Å². The fourth-order valence-corrected chi connectivity index (χ4v) is 4.42. The molecule has 3 nitrogen and oxygen atoms in total. The molecule has 0 aromatic heterocycles. The van der Waals surface area contributed by atoms with Gasteiger partial charge in [0, 0.05) is 10.7 Å². The third-order valence-electron chi connectivity index (χ3n) is 3.58. The van der Waals surface area contributed by atoms with Gasteiger partial charge in [0.25, 0.3) is 0 Å². The van der Waals surface area contributed by atoms with E-state index < -0.39 is 0 Å². The van der Waals surface area contributed by atoms with Crippen LogP contribution in [0.25, 0.3) is 0 Å². The van der Waals surface area contributed by atoms with E-state index in [1.807, 2.05) is 12.1 Å². The quantitative estimate of drug-likeness (QED) is 0.626. The maximum Gasteiger partial charge on any atom is 0.238 e. The fraction of sp³-hybridized carbons (Fsp3) is 0.167. The smallest absolute Gasteiger partial charge is 0.238 e. The Morgan fingerprint density at radius 2 is 1.84 bits per heavy atom. The summed E-state index contributed by atoms with van der Waals surface area (Å²) in [5, 5.41) is 1.09. The number of terminal acetylenes is 1. The highest BCUT2D eigenvalue weighted by Gasteiger charge is 2.34. The fourth-order valence-electron chi connectivity index (χ4n) is 2.53. The number of ether oxygens (including phenoxy) is 1. The number of rotatable bonds is 4. The van der Waals surface area contributed by atoms with Gasteiger partial charge in [-0.05, 0) is 42.0 Å². The molecule has 25 heavy (non-hydrogen) atoms. The summed E-state index contributed by atoms with van der Waals surface area (Å²) in [6.07, 6.45) is 5.20. The van der Waals surface area contributed by atoms with Gasteiger partial charge in [0.15, 0.2) is 5.75 Å². The summed E-state index contributed by atoms with van der Waals surface area (Å²) in [4.78, 5) is 14.1. The summed E-state index contributed by atoms with van der Waals surface area (Å²) in [7, 11) is 0. The van der Waals surface area contributed by atoms with E-state index in [2.05, 4.69) is 5.92 Å². The molecule has 0 spiro atoms. The zero-order chi connectivity index (χ0) is 18.0. The third-order valence-corrected chi connectivity index (χ3v) is 5.60. The molecule has 0 radical (unpaired) electrons. The predicted octanol–water partition coefficient (Wildman–Crippen LogP) is 5.44. The predicted molar refractivity (Wildman–Crippen MR) is 105 cm³/mol. The van der Waals surface area contributed by atoms with Gasteiger partial charge in [-0.25, -0.2) is 0 Å². The molecule has 1 aliphatic rings. The Labute approximate surface area is 165 Å². The van der Waals surface area contributed by atoms with Crippen LogP contribution >= 0.6 is 46.6 Å². The van der Waals surface area contributed by atoms with E-state index in [0.29, 0.717) is 26.6 Å². The van der Waals surface area contributed by atoms with E-state index >= 15 is 0 Å². The van der Waals surface area contributed by atoms with Crippen molar-refractivity contribution in [2.45, 2.75) is 5.37 Å². The van der Waals surface area contributed by atoms with Gasteiger partial charge >= 0.3 is 0 Å². The first-order valence-electron chi connectivity index (χ1n) is 7.25. The van der Waals surface area contributed by atoms with E-state index in [9.17, 15) is 4.79 Å². The van der Waals surface area contributed by atoms with Crippen LogP contribution in [0.4, 0.5) is 5.69 Å². The van der Waals surface area contributed by atoms with Crippen LogP contribution in [0.2, 0.25) is 15.1 Å². The van der Waals surface area contributed by atoms with Crippen LogP contribution in [0.3, 0.4) is 0 Å². The Hall–Kier alpha value is -1.51. The summed E-state index contributed by atoms with van der Waals surface area (Å²) < 4.78 is 5.38. The van der Waals surface area contributed by atoms with Crippen molar-refractivity contribution in [2.75, 3.05) is 17.3 Å². The zero-order valence-corrected chi connectivity index (χ0v) is 15.9. The lowest BCUT2D eigenvalue weighted by atomic mass is 10.1. The minimum absolute atomic E-state index is 0.0113. The van der Waals surface area contributed by atoms with Crippen molar-refractivity contribution in [3.05, 3.63) is 57.0 Å². The minimum Gasteiger partial charge on any atom is -0.478 e. The molecule has 1 amide bonds. The van der Waals surface area contributed by atoms with E-state index in [1.165, 1.54) is 11.8 Å². The van der Waals surface area contributed by atoms with E-state index in [4.69, 9.17) is 46.0 Å². The van der Waals surface area contributed by atoms with Crippen molar-refractivity contribution in [1.82, 2.24) is 0 Å². The first-order valence-corrected chi connectivity index (χ1v) is 9.44. The Balaban J connectivity index is 1.96. The van der Waals surface area contributed by atoms with Gasteiger partial charge in [0.1, 0.15) is 12.0 Å². The number of halogens is 3. The van der Waals surface area contributed by atoms with Gasteiger partial charge in [-0.15, -0.1) is 18.2 Å². The number of benzene rings is 2. The normalized spacial score (nSPS) is 16.8. The second-order valence-electron chi connectivity index (χ2n) is 5.21. The average Bonchev–Trinajstić information content (AvgIpc) is 2.96. The highest BCUT2D eigenvalue weighted by molar-refractivity contribution is 8.00. The van der Waals surface area contributed by atoms with Crippen LogP contribution in [-0.2, 0) is 4.79 Å². The first kappa shape index (κ1) is 18.3. The molecule has 0 N–H and O–H groups in total. The number of thioether (sulfide) groups is 1. The number of carbonyl (C=O) groups excluding carboxylic acids is 1. The van der Waals surface area contributed by atoms with Gasteiger partial charge in [0.05, 0.1) is 15.8 Å². The van der Waals surface area contributed by atoms with Crippen LogP contribution in [-0.4, -0.2) is 18.3 Å². The topological polar surface area (TPSA) is 29.5 Å². The molecule has 0 unspecified atom stereocenters. The molecule has 1 aliphatic heterocycles. The van der Waals surface area contributed by atoms with Crippen molar-refractivity contribution < 1.29 is 9.53 Å². The lowest BCUT2D eigenvalue weighted by Gasteiger charge is -2.25. The van der Waals surface area contributed by atoms with Crippen molar-refractivity contribution in [3.8, 4) is 18.1 Å². The standard InChI is InChI=1S/C18H12Cl3NO2S/c1-2-7-24-17-14(20)8-11(9-15(17)21)18-22(16(23)10-25-18)13-5-3-12(19)4-6-13/h1,3-6,8-9,18H,7,10H2/t18-/m1/s1. The highest BCUT2D eigenvalue weighted by Crippen LogP contribution is 2.45. The van der Waals surface area contributed by atoms with Gasteiger partial charge in [-0.3, -0.25) is 9.69 Å². The Morgan fingerprint density at radius 1 is 1.20 bits per heavy atom. The molecule has 2 aromatic carbocycles. The van der Waals surface area contributed by atoms with Gasteiger partial charge in [-0.1, -0.05) is 40.7 Å². The summed E-state index contributed by atoms with van der Waals surface area (Å²) in [6.45, 7) is 0.0757. The van der Waals surface area contributed by atoms with E-state index in [-0.39, 0.29) is 17.9 Å². The molecular weight excluding hydrogens is 401 g/mol. The van der Waals surface area contributed by atoms with Crippen molar-refractivity contribution >= 4 is 58.2 Å². The maximum atomic E-state index is 12.4. The molecule has 0 bridgehead atoms. The summed E-state index contributed by atoms with van der Waals surface area (Å²) in [5.41, 5.74) is 1.58. The largest absolute Gasteiger partial charge is 0.478 e. The molecule has 1 saturated heterocycles. The SMILES string of the molecule is C#CCOc1c(Cl)cc([C@H]2SCC(=O)N2c2ccc(Cl)cc2)cc1Cl. The second-order valence-corrected chi connectivity index (χ2v) is 7.53. The van der Waals surface area contributed by atoms with Crippen molar-refractivity contribution in [1.29, 1.82) is 0 Å². The minimum atomic E-state index is -0.231. The lowest BCUT2D eigenvalue weighted by molar-refractivity contribution is -0.115. The van der Waals surface area contributed by atoms with Crippen molar-refractivity contribution in [2.24, 2.45) is 0 Å². The van der Waals surface area contributed by atoms with Crippen molar-refractivity contribution in [3.63, 3.8) is 0 Å². The molecule has 0 aliphatic carbocycles. The molecule has 2 aromatic rings. The van der Waals surface area contributed by atoms with Crippen LogP contribution in [0.1, 0.15) is 10.9 Å². The number of amides is 1. The Bertz CT molecular complexity index is 825. The first-order chi connectivity index (χ1) is 12.0. The average molecular weight is 413 g/mol. The maximum absolute atomic E-state index is 12.4. The summed E-state index contributed by atoms with van der Waals surface area (Å²) >= 11 is 20.0. The molecule has 7 heteroatoms. The molecular formula is C18H12Cl3NO2S. The number of hydrogen-bond acceptors (Lipinski definition) is 3. The highest BCUT2D eigenvalue weighted by atomic mass is 35.5. The van der Waals surface area contributed by atoms with Crippen LogP contribution in [0.5, 0.6) is 5.75 Å². The number of carbonyl (C=O) groups is 1. The van der Waals surface area contributed by atoms with Gasteiger partial charge in [-0.2, -0.15) is 0 Å². The molecule has 3 rings (SSSR count). The number of hydrogen-bond donors (Lipinski definition) is 0. The third kappa shape index (κ3) is 3.86. The molecule has 1 fully saturated rings. The van der Waals surface area contributed by atoms with Crippen LogP contribution < -0.4 is 9.64 Å². The van der Waals surface area contributed by atoms with E-state index in [1.54, 1.807) is 29.2 Å². The van der Waals surface area contributed by atoms with E-state index in [0.717, 1.165) is 11.3 Å². The monoisotopic (exact) mass is 411 g/mol. The number of nitrogens with zero attached hydrogens (tertiary/aromatic N) is 1. The number of anilines is 1. The zero-order valence-electron chi connectivity index (χ0n) is 12.8. The summed E-state index contributed by atoms with van der Waals surface area (Å²) in [5.74, 6) is 3.10. The molecule has 0 saturated carbocycles. The Morgan fingerprint density at radius 3 is 2.44 bits per heavy atom. The van der Waals surface area contributed by atoms with Crippen LogP contribution in [0.15, 0.2) is 36.4 Å². The molecule has 128 valence electrons. The Kier molecular flexibility index (Phi) is 5.71. The molecule has 1 atom stereocenters.